The molecule has 0 saturated heterocycles. The molecule has 0 saturated carbocycles. The first-order valence-corrected chi connectivity index (χ1v) is 40.5. The first-order chi connectivity index (χ1) is 46.0. The minimum absolute atomic E-state index is 1.18. The first-order valence-electron chi connectivity index (χ1n) is 40.5. The second-order valence-corrected chi connectivity index (χ2v) is 30.5. The predicted molar refractivity (Wildman–Crippen MR) is 415 cm³/mol. The monoisotopic (exact) mass is 1250 g/mol. The lowest BCUT2D eigenvalue weighted by Gasteiger charge is -2.32. The molecule has 498 valence electrons. The largest absolute Gasteiger partial charge is 0.308 e. The number of nitrogens with zero attached hydrogens (tertiary/aromatic N) is 3. The molecule has 3 heteroatoms. The maximum Gasteiger partial charge on any atom is 0.0662 e. The second-order valence-electron chi connectivity index (χ2n) is 30.5. The number of benzene rings is 4. The highest BCUT2D eigenvalue weighted by molar-refractivity contribution is 6.49. The van der Waals surface area contributed by atoms with Crippen LogP contribution in [0.3, 0.4) is 0 Å². The van der Waals surface area contributed by atoms with E-state index in [-0.39, 0.29) is 0 Å². The van der Waals surface area contributed by atoms with Gasteiger partial charge in [-0.3, -0.25) is 0 Å². The normalized spacial score (nSPS) is 13.0. The van der Waals surface area contributed by atoms with E-state index in [9.17, 15) is 0 Å². The quantitative estimate of drug-likeness (QED) is 0.0205. The van der Waals surface area contributed by atoms with Gasteiger partial charge >= 0.3 is 0 Å². The average molecular weight is 1250 g/mol. The van der Waals surface area contributed by atoms with Crippen LogP contribution in [0.5, 0.6) is 0 Å². The SMILES string of the molecule is CCCCCCc1c(CCCCCC)c2c3c(c1CCCCCC)c1ccc4c5c(CCCCCC)c(CCCCCC)c(CCCCCC)c6c5c5c(c3c3c7c8c(c(CCCCCC)c(CCCCCC)c(CCCCCC)c8c8ccc6n8c75)c5ccc2n53)n14. The Labute approximate surface area is 562 Å². The molecule has 0 spiro atoms. The molecule has 0 aliphatic carbocycles. The van der Waals surface area contributed by atoms with Crippen molar-refractivity contribution in [2.24, 2.45) is 0 Å². The van der Waals surface area contributed by atoms with Crippen LogP contribution in [0.25, 0.3) is 114 Å². The number of pyridine rings is 6. The van der Waals surface area contributed by atoms with E-state index in [2.05, 4.69) is 112 Å². The lowest BCUT2D eigenvalue weighted by atomic mass is 9.78. The fourth-order valence-electron chi connectivity index (χ4n) is 19.6. The molecule has 0 unspecified atom stereocenters. The number of unbranched alkanes of at least 4 members (excludes halogenated alkanes) is 27. The molecule has 0 fully saturated rings. The van der Waals surface area contributed by atoms with Gasteiger partial charge in [0.1, 0.15) is 0 Å². The van der Waals surface area contributed by atoms with E-state index in [1.807, 2.05) is 0 Å². The smallest absolute Gasteiger partial charge is 0.0662 e. The Bertz CT molecular complexity index is 3800. The third-order valence-electron chi connectivity index (χ3n) is 24.0. The number of fused-ring (bicyclic) bond motifs is 6. The van der Waals surface area contributed by atoms with Crippen molar-refractivity contribution in [2.75, 3.05) is 0 Å². The molecule has 0 radical (unpaired) electrons. The van der Waals surface area contributed by atoms with E-state index in [0.29, 0.717) is 0 Å². The van der Waals surface area contributed by atoms with Crippen molar-refractivity contribution in [3.05, 3.63) is 86.5 Å². The zero-order valence-corrected chi connectivity index (χ0v) is 60.6. The number of aromatic nitrogens is 3. The number of rotatable bonds is 45. The summed E-state index contributed by atoms with van der Waals surface area (Å²) >= 11 is 0. The van der Waals surface area contributed by atoms with E-state index >= 15 is 0 Å². The molecule has 0 aliphatic rings. The molecule has 0 atom stereocenters. The Balaban J connectivity index is 1.32. The van der Waals surface area contributed by atoms with E-state index in [0.717, 1.165) is 0 Å². The van der Waals surface area contributed by atoms with Gasteiger partial charge in [-0.25, -0.2) is 0 Å². The van der Waals surface area contributed by atoms with E-state index in [1.165, 1.54) is 322 Å². The maximum absolute atomic E-state index is 3.01. The van der Waals surface area contributed by atoms with Crippen molar-refractivity contribution in [3.63, 3.8) is 0 Å². The summed E-state index contributed by atoms with van der Waals surface area (Å²) in [6, 6.07) is 16.3. The molecular formula is C90H123N3. The molecule has 9 heterocycles. The van der Waals surface area contributed by atoms with Crippen molar-refractivity contribution < 1.29 is 0 Å². The van der Waals surface area contributed by atoms with E-state index < -0.39 is 0 Å². The summed E-state index contributed by atoms with van der Waals surface area (Å²) in [6.45, 7) is 21.7. The van der Waals surface area contributed by atoms with Gasteiger partial charge in [-0.1, -0.05) is 236 Å². The van der Waals surface area contributed by atoms with Crippen LogP contribution in [0.4, 0.5) is 0 Å². The highest BCUT2D eigenvalue weighted by Crippen LogP contribution is 2.59. The van der Waals surface area contributed by atoms with Gasteiger partial charge < -0.3 is 13.2 Å². The van der Waals surface area contributed by atoms with Crippen LogP contribution in [0.1, 0.15) is 344 Å². The van der Waals surface area contributed by atoms with Gasteiger partial charge in [0, 0.05) is 64.6 Å². The first kappa shape index (κ1) is 66.3. The van der Waals surface area contributed by atoms with Gasteiger partial charge in [-0.05, 0) is 202 Å². The summed E-state index contributed by atoms with van der Waals surface area (Å²) < 4.78 is 9.04. The highest BCUT2D eigenvalue weighted by atomic mass is 15.0. The summed E-state index contributed by atoms with van der Waals surface area (Å²) in [5, 5.41) is 19.5. The molecule has 0 bridgehead atoms. The molecule has 9 aromatic heterocycles. The van der Waals surface area contributed by atoms with Crippen molar-refractivity contribution in [3.8, 4) is 0 Å². The number of hydrogen-bond acceptors (Lipinski definition) is 0. The highest BCUT2D eigenvalue weighted by Gasteiger charge is 2.37. The summed E-state index contributed by atoms with van der Waals surface area (Å²) in [5.41, 5.74) is 29.4. The molecule has 93 heavy (non-hydrogen) atoms. The van der Waals surface area contributed by atoms with Gasteiger partial charge in [0.05, 0.1) is 49.7 Å². The molecule has 0 aliphatic heterocycles. The molecular weight excluding hydrogens is 1120 g/mol. The van der Waals surface area contributed by atoms with Crippen molar-refractivity contribution in [1.29, 1.82) is 0 Å². The van der Waals surface area contributed by atoms with Crippen LogP contribution in [0, 0.1) is 0 Å². The fraction of sp³-hybridized carbons (Fsp3) is 0.600. The minimum atomic E-state index is 1.18. The topological polar surface area (TPSA) is 13.2 Å². The van der Waals surface area contributed by atoms with E-state index in [4.69, 9.17) is 0 Å². The van der Waals surface area contributed by atoms with Gasteiger partial charge in [-0.15, -0.1) is 0 Å². The Hall–Kier alpha value is -5.28. The Morgan fingerprint density at radius 3 is 0.462 bits per heavy atom. The van der Waals surface area contributed by atoms with Crippen LogP contribution < -0.4 is 0 Å². The Morgan fingerprint density at radius 2 is 0.312 bits per heavy atom. The third-order valence-corrected chi connectivity index (χ3v) is 24.0. The third kappa shape index (κ3) is 11.6. The lowest BCUT2D eigenvalue weighted by molar-refractivity contribution is 0.642. The van der Waals surface area contributed by atoms with Crippen LogP contribution in [0.2, 0.25) is 0 Å². The van der Waals surface area contributed by atoms with Crippen LogP contribution in [0.15, 0.2) is 36.4 Å². The minimum Gasteiger partial charge on any atom is -0.308 e. The van der Waals surface area contributed by atoms with Crippen LogP contribution in [-0.4, -0.2) is 13.2 Å². The zero-order valence-electron chi connectivity index (χ0n) is 60.6. The molecule has 0 N–H and O–H groups in total. The summed E-state index contributed by atoms with van der Waals surface area (Å²) in [4.78, 5) is 0. The molecule has 13 rings (SSSR count). The van der Waals surface area contributed by atoms with Crippen molar-refractivity contribution >= 4 is 114 Å². The second kappa shape index (κ2) is 30.4. The Morgan fingerprint density at radius 1 is 0.161 bits per heavy atom. The molecule has 4 aromatic carbocycles. The predicted octanol–water partition coefficient (Wildman–Crippen LogP) is 28.6. The Kier molecular flexibility index (Phi) is 21.7. The summed E-state index contributed by atoms with van der Waals surface area (Å²) in [5.74, 6) is 0. The van der Waals surface area contributed by atoms with Crippen molar-refractivity contribution in [1.82, 2.24) is 13.2 Å². The summed E-state index contributed by atoms with van der Waals surface area (Å²) in [6.07, 6.45) is 57.5. The summed E-state index contributed by atoms with van der Waals surface area (Å²) in [7, 11) is 0. The fourth-order valence-corrected chi connectivity index (χ4v) is 19.6. The number of aryl methyl sites for hydroxylation is 6. The van der Waals surface area contributed by atoms with Crippen molar-refractivity contribution in [2.45, 2.75) is 351 Å². The zero-order chi connectivity index (χ0) is 64.1. The number of hydrogen-bond donors (Lipinski definition) is 0. The molecule has 0 amide bonds. The average Bonchev–Trinajstić information content (AvgIpc) is 1.63. The van der Waals surface area contributed by atoms with Gasteiger partial charge in [0.25, 0.3) is 0 Å². The van der Waals surface area contributed by atoms with Crippen LogP contribution >= 0.6 is 0 Å². The maximum atomic E-state index is 3.01. The standard InChI is InChI=1S/C90H123N3/c1-10-19-28-37-46-61-64(49-40-31-22-13-4)76-70-55-57-72-78-66(51-42-33-24-15-6)62(47-38-29-20-11-2)68(53-44-35-26-17-8)80-74-59-60-75-81-69(54-45-36-27-18-9)63(48-39-30-21-12-3)67(52-43-34-25-16-7)79-73-58-56-71-77(65(61)50-41-32-23-14-5)82(76)85-88(91(70)72)86(83(78)80)90(93(74)75)87(84(79)81)89(85)92(71)73/h55-60H,10-54H2,1-9H3. The van der Waals surface area contributed by atoms with Crippen LogP contribution in [-0.2, 0) is 57.8 Å². The van der Waals surface area contributed by atoms with Gasteiger partial charge in [0.2, 0.25) is 0 Å². The lowest BCUT2D eigenvalue weighted by Crippen LogP contribution is -2.14. The van der Waals surface area contributed by atoms with Gasteiger partial charge in [0.15, 0.2) is 0 Å². The molecule has 3 nitrogen and oxygen atoms in total. The van der Waals surface area contributed by atoms with E-state index in [1.54, 1.807) is 131 Å². The van der Waals surface area contributed by atoms with Gasteiger partial charge in [-0.2, -0.15) is 0 Å². The molecule has 13 aromatic rings.